The van der Waals surface area contributed by atoms with E-state index in [1.165, 1.54) is 5.56 Å². The molecule has 4 heteroatoms. The van der Waals surface area contributed by atoms with Crippen molar-refractivity contribution in [2.24, 2.45) is 5.92 Å². The maximum atomic E-state index is 13.0. The number of likely N-dealkylation sites (tertiary alicyclic amines) is 1. The van der Waals surface area contributed by atoms with Crippen molar-refractivity contribution < 1.29 is 37.5 Å². The summed E-state index contributed by atoms with van der Waals surface area (Å²) in [5.41, 5.74) is 4.34. The maximum absolute atomic E-state index is 13.0. The summed E-state index contributed by atoms with van der Waals surface area (Å²) in [6, 6.07) is 17.4. The number of nitrogens with zero attached hydrogens (tertiary/aromatic N) is 1. The molecule has 0 radical (unpaired) electrons. The van der Waals surface area contributed by atoms with Gasteiger partial charge in [0.25, 0.3) is 5.91 Å². The SMILES string of the molecule is Cc1cc2[nH]ccc2cc1C(=O)N1CCC(Cc2cc[c-]cc2)CC1.[Y+3]. The van der Waals surface area contributed by atoms with E-state index in [0.717, 1.165) is 54.4 Å². The van der Waals surface area contributed by atoms with E-state index >= 15 is 0 Å². The van der Waals surface area contributed by atoms with Gasteiger partial charge in [0, 0.05) is 35.8 Å². The molecule has 26 heavy (non-hydrogen) atoms. The zero-order valence-electron chi connectivity index (χ0n) is 15.2. The monoisotopic (exact) mass is 420 g/mol. The summed E-state index contributed by atoms with van der Waals surface area (Å²) in [5.74, 6) is 0.841. The summed E-state index contributed by atoms with van der Waals surface area (Å²) in [7, 11) is 0. The van der Waals surface area contributed by atoms with Crippen LogP contribution >= 0.6 is 0 Å². The average Bonchev–Trinajstić information content (AvgIpc) is 3.09. The van der Waals surface area contributed by atoms with Crippen LogP contribution in [0.4, 0.5) is 0 Å². The number of amides is 1. The van der Waals surface area contributed by atoms with E-state index in [1.54, 1.807) is 0 Å². The van der Waals surface area contributed by atoms with Crippen LogP contribution in [-0.4, -0.2) is 28.9 Å². The van der Waals surface area contributed by atoms with Crippen molar-refractivity contribution in [2.75, 3.05) is 13.1 Å². The van der Waals surface area contributed by atoms with E-state index in [0.29, 0.717) is 5.92 Å². The van der Waals surface area contributed by atoms with Crippen molar-refractivity contribution >= 4 is 16.8 Å². The molecule has 1 N–H and O–H groups in total. The number of H-pyrrole nitrogens is 1. The number of carbonyl (C=O) groups excluding carboxylic acids is 1. The van der Waals surface area contributed by atoms with Crippen LogP contribution in [0.3, 0.4) is 0 Å². The molecule has 1 amide bonds. The summed E-state index contributed by atoms with van der Waals surface area (Å²) in [6.07, 6.45) is 5.18. The third-order valence-corrected chi connectivity index (χ3v) is 5.34. The Morgan fingerprint density at radius 1 is 1.19 bits per heavy atom. The van der Waals surface area contributed by atoms with Crippen molar-refractivity contribution in [3.8, 4) is 0 Å². The number of piperidine rings is 1. The predicted molar refractivity (Wildman–Crippen MR) is 101 cm³/mol. The second-order valence-corrected chi connectivity index (χ2v) is 7.08. The van der Waals surface area contributed by atoms with Crippen LogP contribution in [0.25, 0.3) is 10.9 Å². The minimum Gasteiger partial charge on any atom is -0.361 e. The van der Waals surface area contributed by atoms with Gasteiger partial charge in [0.1, 0.15) is 0 Å². The number of rotatable bonds is 3. The Balaban J connectivity index is 0.00000196. The van der Waals surface area contributed by atoms with Crippen molar-refractivity contribution in [3.05, 3.63) is 71.4 Å². The first-order valence-electron chi connectivity index (χ1n) is 9.03. The molecule has 1 aliphatic heterocycles. The number of fused-ring (bicyclic) bond motifs is 1. The largest absolute Gasteiger partial charge is 3.00 e. The summed E-state index contributed by atoms with van der Waals surface area (Å²) >= 11 is 0. The van der Waals surface area contributed by atoms with E-state index < -0.39 is 0 Å². The van der Waals surface area contributed by atoms with Crippen molar-refractivity contribution in [3.63, 3.8) is 0 Å². The molecule has 0 saturated carbocycles. The maximum Gasteiger partial charge on any atom is 3.00 e. The van der Waals surface area contributed by atoms with Gasteiger partial charge in [-0.3, -0.25) is 4.79 Å². The number of aromatic amines is 1. The van der Waals surface area contributed by atoms with Gasteiger partial charge in [-0.05, 0) is 55.9 Å². The molecule has 0 bridgehead atoms. The number of nitrogens with one attached hydrogen (secondary N) is 1. The van der Waals surface area contributed by atoms with E-state index in [9.17, 15) is 4.79 Å². The predicted octanol–water partition coefficient (Wildman–Crippen LogP) is 4.37. The van der Waals surface area contributed by atoms with Gasteiger partial charge in [0.2, 0.25) is 0 Å². The minimum absolute atomic E-state index is 0. The summed E-state index contributed by atoms with van der Waals surface area (Å²) < 4.78 is 0. The number of benzene rings is 2. The van der Waals surface area contributed by atoms with Crippen LogP contribution in [-0.2, 0) is 39.1 Å². The Kier molecular flexibility index (Phi) is 6.31. The molecular weight excluding hydrogens is 397 g/mol. The van der Waals surface area contributed by atoms with Gasteiger partial charge >= 0.3 is 32.7 Å². The van der Waals surface area contributed by atoms with Crippen LogP contribution in [0.15, 0.2) is 48.7 Å². The molecule has 1 fully saturated rings. The smallest absolute Gasteiger partial charge is 0.361 e. The van der Waals surface area contributed by atoms with Crippen molar-refractivity contribution in [1.82, 2.24) is 9.88 Å². The molecule has 3 nitrogen and oxygen atoms in total. The van der Waals surface area contributed by atoms with Gasteiger partial charge in [0.15, 0.2) is 0 Å². The number of aromatic nitrogens is 1. The van der Waals surface area contributed by atoms with Gasteiger partial charge in [-0.15, -0.1) is 0 Å². The Hall–Kier alpha value is -1.45. The van der Waals surface area contributed by atoms with Crippen LogP contribution in [0.2, 0.25) is 0 Å². The van der Waals surface area contributed by atoms with Crippen LogP contribution in [0.1, 0.15) is 34.3 Å². The topological polar surface area (TPSA) is 36.1 Å². The molecule has 0 unspecified atom stereocenters. The normalized spacial score (nSPS) is 15.0. The number of carbonyl (C=O) groups is 1. The second kappa shape index (κ2) is 8.50. The first-order valence-corrected chi connectivity index (χ1v) is 9.03. The van der Waals surface area contributed by atoms with E-state index in [2.05, 4.69) is 29.2 Å². The standard InChI is InChI=1S/C22H23N2O.Y/c1-16-13-21-19(7-10-23-21)15-20(16)22(25)24-11-8-18(9-12-24)14-17-5-3-2-4-6-17;/h3-7,10,13,15,18,23H,8-9,11-12,14H2,1H3;/q-1;+3. The molecule has 1 aliphatic rings. The van der Waals surface area contributed by atoms with Crippen LogP contribution in [0, 0.1) is 18.9 Å². The third kappa shape index (κ3) is 4.10. The van der Waals surface area contributed by atoms with E-state index in [1.807, 2.05) is 42.3 Å². The molecule has 0 atom stereocenters. The number of aryl methyl sites for hydroxylation is 1. The van der Waals surface area contributed by atoms with Crippen molar-refractivity contribution in [2.45, 2.75) is 26.2 Å². The summed E-state index contributed by atoms with van der Waals surface area (Å²) in [4.78, 5) is 18.2. The second-order valence-electron chi connectivity index (χ2n) is 7.08. The first-order chi connectivity index (χ1) is 12.2. The first kappa shape index (κ1) is 19.3. The molecule has 0 aliphatic carbocycles. The van der Waals surface area contributed by atoms with E-state index in [4.69, 9.17) is 0 Å². The van der Waals surface area contributed by atoms with Crippen molar-refractivity contribution in [1.29, 1.82) is 0 Å². The van der Waals surface area contributed by atoms with Gasteiger partial charge < -0.3 is 9.88 Å². The quantitative estimate of drug-likeness (QED) is 0.628. The molecule has 3 aromatic rings. The fourth-order valence-corrected chi connectivity index (χ4v) is 3.84. The average molecular weight is 420 g/mol. The zero-order valence-corrected chi connectivity index (χ0v) is 18.0. The fraction of sp³-hybridized carbons (Fsp3) is 0.318. The van der Waals surface area contributed by atoms with Crippen LogP contribution in [0.5, 0.6) is 0 Å². The van der Waals surface area contributed by atoms with Crippen LogP contribution < -0.4 is 0 Å². The Bertz CT molecular complexity index is 880. The Morgan fingerprint density at radius 3 is 2.65 bits per heavy atom. The van der Waals surface area contributed by atoms with Gasteiger partial charge in [-0.2, -0.15) is 35.9 Å². The molecule has 128 valence electrons. The van der Waals surface area contributed by atoms with Gasteiger partial charge in [-0.1, -0.05) is 0 Å². The van der Waals surface area contributed by atoms with Gasteiger partial charge in [0.05, 0.1) is 0 Å². The Morgan fingerprint density at radius 2 is 1.92 bits per heavy atom. The molecule has 0 spiro atoms. The third-order valence-electron chi connectivity index (χ3n) is 5.34. The van der Waals surface area contributed by atoms with E-state index in [-0.39, 0.29) is 38.6 Å². The summed E-state index contributed by atoms with van der Waals surface area (Å²) in [5, 5.41) is 1.10. The molecule has 2 heterocycles. The Labute approximate surface area is 180 Å². The fourth-order valence-electron chi connectivity index (χ4n) is 3.84. The van der Waals surface area contributed by atoms with Gasteiger partial charge in [-0.25, -0.2) is 0 Å². The minimum atomic E-state index is 0. The molecule has 1 aromatic heterocycles. The molecule has 2 aromatic carbocycles. The zero-order chi connectivity index (χ0) is 17.2. The molecule has 4 rings (SSSR count). The number of hydrogen-bond acceptors (Lipinski definition) is 1. The number of hydrogen-bond donors (Lipinski definition) is 1. The summed E-state index contributed by atoms with van der Waals surface area (Å²) in [6.45, 7) is 3.73. The molecular formula is C22H23N2OY+2. The molecule has 1 saturated heterocycles.